The molecule has 0 radical (unpaired) electrons. The van der Waals surface area contributed by atoms with Gasteiger partial charge in [-0.25, -0.2) is 0 Å². The SMILES string of the molecule is CC(C)(C)[N+]1=NCC([O-])=C1. The summed E-state index contributed by atoms with van der Waals surface area (Å²) in [5.74, 6) is 0.0925. The number of nitrogens with zero attached hydrogens (tertiary/aromatic N) is 2. The van der Waals surface area contributed by atoms with Crippen molar-refractivity contribution >= 4 is 0 Å². The van der Waals surface area contributed by atoms with Crippen LogP contribution in [0.15, 0.2) is 17.1 Å². The second-order valence-corrected chi connectivity index (χ2v) is 3.41. The summed E-state index contributed by atoms with van der Waals surface area (Å²) >= 11 is 0. The van der Waals surface area contributed by atoms with E-state index in [1.807, 2.05) is 20.8 Å². The van der Waals surface area contributed by atoms with E-state index in [-0.39, 0.29) is 11.3 Å². The molecule has 0 aromatic carbocycles. The average molecular weight is 140 g/mol. The molecule has 0 aliphatic carbocycles. The Balaban J connectivity index is 2.77. The third kappa shape index (κ3) is 1.35. The van der Waals surface area contributed by atoms with E-state index in [9.17, 15) is 5.11 Å². The van der Waals surface area contributed by atoms with Crippen molar-refractivity contribution in [2.45, 2.75) is 26.3 Å². The number of rotatable bonds is 0. The van der Waals surface area contributed by atoms with E-state index in [2.05, 4.69) is 5.11 Å². The predicted molar refractivity (Wildman–Crippen MR) is 35.4 cm³/mol. The first kappa shape index (κ1) is 7.25. The fraction of sp³-hybridized carbons (Fsp3) is 0.714. The average Bonchev–Trinajstić information content (AvgIpc) is 2.11. The quantitative estimate of drug-likeness (QED) is 0.450. The van der Waals surface area contributed by atoms with Crippen LogP contribution < -0.4 is 5.11 Å². The summed E-state index contributed by atoms with van der Waals surface area (Å²) in [4.78, 5) is 0. The van der Waals surface area contributed by atoms with Gasteiger partial charge in [-0.15, -0.1) is 0 Å². The van der Waals surface area contributed by atoms with Crippen LogP contribution in [-0.2, 0) is 0 Å². The minimum absolute atomic E-state index is 0.0494. The van der Waals surface area contributed by atoms with Crippen molar-refractivity contribution < 1.29 is 9.80 Å². The van der Waals surface area contributed by atoms with E-state index in [0.29, 0.717) is 6.54 Å². The van der Waals surface area contributed by atoms with Crippen molar-refractivity contribution in [3.05, 3.63) is 12.0 Å². The van der Waals surface area contributed by atoms with Gasteiger partial charge in [0.05, 0.1) is 0 Å². The van der Waals surface area contributed by atoms with Crippen LogP contribution in [0, 0.1) is 0 Å². The molecular formula is C7H12N2O. The van der Waals surface area contributed by atoms with Crippen LogP contribution in [0.3, 0.4) is 0 Å². The molecule has 0 saturated carbocycles. The maximum atomic E-state index is 10.7. The molecule has 0 atom stereocenters. The molecule has 1 aliphatic rings. The van der Waals surface area contributed by atoms with Crippen LogP contribution >= 0.6 is 0 Å². The van der Waals surface area contributed by atoms with Gasteiger partial charge in [-0.05, 0) is 10.9 Å². The lowest BCUT2D eigenvalue weighted by Gasteiger charge is -2.08. The smallest absolute Gasteiger partial charge is 0.186 e. The summed E-state index contributed by atoms with van der Waals surface area (Å²) in [5.41, 5.74) is -0.0494. The largest absolute Gasteiger partial charge is 0.870 e. The van der Waals surface area contributed by atoms with Gasteiger partial charge in [0.25, 0.3) is 0 Å². The molecule has 0 aromatic rings. The summed E-state index contributed by atoms with van der Waals surface area (Å²) in [5, 5.41) is 14.7. The van der Waals surface area contributed by atoms with E-state index in [0.717, 1.165) is 0 Å². The highest BCUT2D eigenvalue weighted by atomic mass is 16.3. The molecule has 1 rings (SSSR count). The highest BCUT2D eigenvalue weighted by molar-refractivity contribution is 4.87. The molecule has 0 fully saturated rings. The monoisotopic (exact) mass is 140 g/mol. The molecule has 0 aromatic heterocycles. The second-order valence-electron chi connectivity index (χ2n) is 3.41. The van der Waals surface area contributed by atoms with Gasteiger partial charge in [-0.3, -0.25) is 0 Å². The molecule has 0 spiro atoms. The molecule has 0 saturated heterocycles. The van der Waals surface area contributed by atoms with Crippen LogP contribution in [0.25, 0.3) is 0 Å². The van der Waals surface area contributed by atoms with Crippen molar-refractivity contribution in [3.8, 4) is 0 Å². The number of azo groups is 2. The Labute approximate surface area is 60.7 Å². The standard InChI is InChI=1S/C7H12N2O/c1-7(2,3)9-5-6(10)4-8-9/h5H,4H2,1-3H3. The summed E-state index contributed by atoms with van der Waals surface area (Å²) in [6.45, 7) is 6.38. The zero-order chi connectivity index (χ0) is 7.78. The molecule has 0 N–H and O–H groups in total. The summed E-state index contributed by atoms with van der Waals surface area (Å²) in [6.07, 6.45) is 1.56. The maximum absolute atomic E-state index is 10.7. The van der Waals surface area contributed by atoms with E-state index < -0.39 is 0 Å². The van der Waals surface area contributed by atoms with Crippen molar-refractivity contribution in [2.24, 2.45) is 5.11 Å². The number of hydrogen-bond acceptors (Lipinski definition) is 2. The van der Waals surface area contributed by atoms with Gasteiger partial charge in [0.1, 0.15) is 6.54 Å². The maximum Gasteiger partial charge on any atom is 0.186 e. The molecule has 1 heterocycles. The fourth-order valence-corrected chi connectivity index (χ4v) is 0.770. The molecule has 3 heteroatoms. The Morgan fingerprint density at radius 3 is 2.40 bits per heavy atom. The minimum Gasteiger partial charge on any atom is -0.870 e. The summed E-state index contributed by atoms with van der Waals surface area (Å²) in [7, 11) is 0. The first-order chi connectivity index (χ1) is 4.50. The van der Waals surface area contributed by atoms with Gasteiger partial charge in [0, 0.05) is 20.8 Å². The Hall–Kier alpha value is -0.860. The Bertz CT molecular complexity index is 198. The minimum atomic E-state index is -0.0494. The van der Waals surface area contributed by atoms with E-state index in [1.54, 1.807) is 10.9 Å². The van der Waals surface area contributed by atoms with Gasteiger partial charge in [-0.2, -0.15) is 0 Å². The van der Waals surface area contributed by atoms with Gasteiger partial charge >= 0.3 is 0 Å². The van der Waals surface area contributed by atoms with Crippen LogP contribution in [0.1, 0.15) is 20.8 Å². The first-order valence-electron chi connectivity index (χ1n) is 3.34. The molecule has 3 nitrogen and oxygen atoms in total. The zero-order valence-corrected chi connectivity index (χ0v) is 6.59. The molecule has 10 heavy (non-hydrogen) atoms. The Morgan fingerprint density at radius 2 is 2.20 bits per heavy atom. The normalized spacial score (nSPS) is 18.7. The molecule has 0 unspecified atom stereocenters. The van der Waals surface area contributed by atoms with Gasteiger partial charge < -0.3 is 5.11 Å². The van der Waals surface area contributed by atoms with Crippen molar-refractivity contribution in [2.75, 3.05) is 6.54 Å². The highest BCUT2D eigenvalue weighted by Crippen LogP contribution is 2.12. The Kier molecular flexibility index (Phi) is 1.50. The second kappa shape index (κ2) is 2.08. The molecule has 1 aliphatic heterocycles. The lowest BCUT2D eigenvalue weighted by molar-refractivity contribution is -0.594. The molecule has 0 amide bonds. The van der Waals surface area contributed by atoms with Crippen LogP contribution in [0.2, 0.25) is 0 Å². The van der Waals surface area contributed by atoms with E-state index >= 15 is 0 Å². The topological polar surface area (TPSA) is 38.4 Å². The molecule has 56 valence electrons. The van der Waals surface area contributed by atoms with Crippen molar-refractivity contribution in [1.29, 1.82) is 0 Å². The van der Waals surface area contributed by atoms with Crippen LogP contribution in [-0.4, -0.2) is 16.8 Å². The zero-order valence-electron chi connectivity index (χ0n) is 6.59. The first-order valence-corrected chi connectivity index (χ1v) is 3.34. The van der Waals surface area contributed by atoms with Gasteiger partial charge in [0.2, 0.25) is 0 Å². The predicted octanol–water partition coefficient (Wildman–Crippen LogP) is 0.465. The fourth-order valence-electron chi connectivity index (χ4n) is 0.770. The van der Waals surface area contributed by atoms with Crippen molar-refractivity contribution in [3.63, 3.8) is 0 Å². The Morgan fingerprint density at radius 1 is 1.60 bits per heavy atom. The third-order valence-electron chi connectivity index (χ3n) is 1.33. The lowest BCUT2D eigenvalue weighted by Crippen LogP contribution is -2.26. The lowest BCUT2D eigenvalue weighted by atomic mass is 10.1. The van der Waals surface area contributed by atoms with Gasteiger partial charge in [0.15, 0.2) is 11.7 Å². The van der Waals surface area contributed by atoms with E-state index in [4.69, 9.17) is 0 Å². The summed E-state index contributed by atoms with van der Waals surface area (Å²) < 4.78 is 1.72. The van der Waals surface area contributed by atoms with E-state index in [1.165, 1.54) is 0 Å². The van der Waals surface area contributed by atoms with Gasteiger partial charge in [-0.1, -0.05) is 4.70 Å². The molecule has 0 bridgehead atoms. The van der Waals surface area contributed by atoms with Crippen molar-refractivity contribution in [1.82, 2.24) is 0 Å². The third-order valence-corrected chi connectivity index (χ3v) is 1.33. The van der Waals surface area contributed by atoms with Crippen LogP contribution in [0.4, 0.5) is 0 Å². The van der Waals surface area contributed by atoms with Crippen LogP contribution in [0.5, 0.6) is 0 Å². The summed E-state index contributed by atoms with van der Waals surface area (Å²) in [6, 6.07) is 0. The molecular weight excluding hydrogens is 128 g/mol. The highest BCUT2D eigenvalue weighted by Gasteiger charge is 2.26. The number of hydrogen-bond donors (Lipinski definition) is 0.